The van der Waals surface area contributed by atoms with Crippen molar-refractivity contribution >= 4 is 11.6 Å². The highest BCUT2D eigenvalue weighted by Crippen LogP contribution is 2.18. The molecule has 2 N–H and O–H groups in total. The van der Waals surface area contributed by atoms with E-state index in [4.69, 9.17) is 0 Å². The van der Waals surface area contributed by atoms with Crippen molar-refractivity contribution in [3.63, 3.8) is 0 Å². The number of carbonyl (C=O) groups is 1. The van der Waals surface area contributed by atoms with Gasteiger partial charge in [0.2, 0.25) is 0 Å². The highest BCUT2D eigenvalue weighted by Gasteiger charge is 2.10. The van der Waals surface area contributed by atoms with E-state index < -0.39 is 0 Å². The van der Waals surface area contributed by atoms with E-state index in [-0.39, 0.29) is 5.91 Å². The van der Waals surface area contributed by atoms with Crippen molar-refractivity contribution in [2.75, 3.05) is 5.32 Å². The molecule has 1 heterocycles. The number of amides is 1. The summed E-state index contributed by atoms with van der Waals surface area (Å²) in [5.41, 5.74) is 3.55. The molecule has 88 valence electrons. The monoisotopic (exact) mass is 229 g/mol. The van der Waals surface area contributed by atoms with Crippen LogP contribution in [0.2, 0.25) is 0 Å². The second-order valence-electron chi connectivity index (χ2n) is 4.08. The van der Waals surface area contributed by atoms with Gasteiger partial charge in [-0.05, 0) is 38.0 Å². The van der Waals surface area contributed by atoms with E-state index in [1.807, 2.05) is 39.0 Å². The molecule has 4 heteroatoms. The zero-order valence-electron chi connectivity index (χ0n) is 10.2. The summed E-state index contributed by atoms with van der Waals surface area (Å²) in [5, 5.41) is 2.87. The van der Waals surface area contributed by atoms with Gasteiger partial charge in [-0.15, -0.1) is 0 Å². The first-order valence-electron chi connectivity index (χ1n) is 5.47. The third-order valence-corrected chi connectivity index (χ3v) is 2.80. The number of nitrogens with zero attached hydrogens (tertiary/aromatic N) is 1. The van der Waals surface area contributed by atoms with Gasteiger partial charge >= 0.3 is 0 Å². The number of anilines is 1. The van der Waals surface area contributed by atoms with E-state index >= 15 is 0 Å². The smallest absolute Gasteiger partial charge is 0.273 e. The van der Waals surface area contributed by atoms with Gasteiger partial charge in [-0.1, -0.05) is 12.1 Å². The molecule has 0 spiro atoms. The van der Waals surface area contributed by atoms with E-state index in [2.05, 4.69) is 15.3 Å². The molecule has 1 amide bonds. The predicted molar refractivity (Wildman–Crippen MR) is 67.2 cm³/mol. The molecule has 0 saturated heterocycles. The molecule has 2 rings (SSSR count). The van der Waals surface area contributed by atoms with Crippen LogP contribution in [0.5, 0.6) is 0 Å². The van der Waals surface area contributed by atoms with Gasteiger partial charge in [0.15, 0.2) is 0 Å². The number of nitrogens with one attached hydrogen (secondary N) is 2. The average molecular weight is 229 g/mol. The molecular weight excluding hydrogens is 214 g/mol. The van der Waals surface area contributed by atoms with Crippen LogP contribution in [0, 0.1) is 20.8 Å². The Labute approximate surface area is 100 Å². The van der Waals surface area contributed by atoms with Crippen LogP contribution in [0.4, 0.5) is 5.69 Å². The zero-order valence-corrected chi connectivity index (χ0v) is 10.2. The Bertz CT molecular complexity index is 558. The highest BCUT2D eigenvalue weighted by atomic mass is 16.1. The summed E-state index contributed by atoms with van der Waals surface area (Å²) in [5.74, 6) is 0.565. The Morgan fingerprint density at radius 3 is 2.71 bits per heavy atom. The van der Waals surface area contributed by atoms with Gasteiger partial charge in [0.25, 0.3) is 5.91 Å². The van der Waals surface area contributed by atoms with Crippen molar-refractivity contribution in [1.82, 2.24) is 9.97 Å². The standard InChI is InChI=1S/C13H15N3O/c1-8-5-4-6-11(9(8)2)16-13(17)12-7-14-10(3)15-12/h4-7H,1-3H3,(H,14,15)(H,16,17). The first-order chi connectivity index (χ1) is 8.08. The molecule has 0 radical (unpaired) electrons. The van der Waals surface area contributed by atoms with Crippen LogP contribution in [-0.4, -0.2) is 15.9 Å². The number of aromatic amines is 1. The van der Waals surface area contributed by atoms with Crippen LogP contribution in [0.3, 0.4) is 0 Å². The second kappa shape index (κ2) is 4.41. The van der Waals surface area contributed by atoms with Gasteiger partial charge < -0.3 is 10.3 Å². The topological polar surface area (TPSA) is 57.8 Å². The van der Waals surface area contributed by atoms with Crippen LogP contribution < -0.4 is 5.32 Å². The van der Waals surface area contributed by atoms with Crippen LogP contribution in [0.25, 0.3) is 0 Å². The molecule has 1 aromatic heterocycles. The lowest BCUT2D eigenvalue weighted by atomic mass is 10.1. The molecule has 0 atom stereocenters. The minimum Gasteiger partial charge on any atom is -0.338 e. The number of rotatable bonds is 2. The van der Waals surface area contributed by atoms with Gasteiger partial charge in [0.05, 0.1) is 6.20 Å². The van der Waals surface area contributed by atoms with Crippen molar-refractivity contribution in [3.05, 3.63) is 47.0 Å². The van der Waals surface area contributed by atoms with Crippen LogP contribution in [0.1, 0.15) is 27.4 Å². The average Bonchev–Trinajstić information content (AvgIpc) is 2.72. The van der Waals surface area contributed by atoms with Crippen molar-refractivity contribution in [2.45, 2.75) is 20.8 Å². The summed E-state index contributed by atoms with van der Waals surface area (Å²) in [6.07, 6.45) is 1.54. The molecule has 0 aliphatic heterocycles. The number of aryl methyl sites for hydroxylation is 2. The summed E-state index contributed by atoms with van der Waals surface area (Å²) in [7, 11) is 0. The summed E-state index contributed by atoms with van der Waals surface area (Å²) in [6, 6.07) is 5.84. The zero-order chi connectivity index (χ0) is 12.4. The molecule has 2 aromatic rings. The van der Waals surface area contributed by atoms with Gasteiger partial charge in [0, 0.05) is 5.69 Å². The van der Waals surface area contributed by atoms with E-state index in [0.29, 0.717) is 5.69 Å². The lowest BCUT2D eigenvalue weighted by Gasteiger charge is -2.09. The summed E-state index contributed by atoms with van der Waals surface area (Å²) in [6.45, 7) is 5.82. The van der Waals surface area contributed by atoms with Gasteiger partial charge in [0.1, 0.15) is 11.5 Å². The third-order valence-electron chi connectivity index (χ3n) is 2.80. The SMILES string of the molecule is Cc1ncc(C(=O)Nc2cccc(C)c2C)[nH]1. The molecule has 17 heavy (non-hydrogen) atoms. The third kappa shape index (κ3) is 2.36. The van der Waals surface area contributed by atoms with Gasteiger partial charge in [-0.3, -0.25) is 4.79 Å². The number of hydrogen-bond acceptors (Lipinski definition) is 2. The van der Waals surface area contributed by atoms with E-state index in [1.54, 1.807) is 0 Å². The Morgan fingerprint density at radius 1 is 1.29 bits per heavy atom. The largest absolute Gasteiger partial charge is 0.338 e. The predicted octanol–water partition coefficient (Wildman–Crippen LogP) is 2.59. The maximum atomic E-state index is 11.9. The summed E-state index contributed by atoms with van der Waals surface area (Å²) < 4.78 is 0. The summed E-state index contributed by atoms with van der Waals surface area (Å²) in [4.78, 5) is 18.8. The van der Waals surface area contributed by atoms with Crippen molar-refractivity contribution in [2.24, 2.45) is 0 Å². The number of hydrogen-bond donors (Lipinski definition) is 2. The van der Waals surface area contributed by atoms with Crippen molar-refractivity contribution in [1.29, 1.82) is 0 Å². The second-order valence-corrected chi connectivity index (χ2v) is 4.08. The highest BCUT2D eigenvalue weighted by molar-refractivity contribution is 6.03. The number of imidazole rings is 1. The van der Waals surface area contributed by atoms with E-state index in [9.17, 15) is 4.79 Å². The number of H-pyrrole nitrogens is 1. The van der Waals surface area contributed by atoms with E-state index in [1.165, 1.54) is 6.20 Å². The lowest BCUT2D eigenvalue weighted by Crippen LogP contribution is -2.13. The van der Waals surface area contributed by atoms with Crippen LogP contribution >= 0.6 is 0 Å². The quantitative estimate of drug-likeness (QED) is 0.831. The molecule has 0 fully saturated rings. The maximum Gasteiger partial charge on any atom is 0.273 e. The van der Waals surface area contributed by atoms with Crippen LogP contribution in [0.15, 0.2) is 24.4 Å². The molecule has 0 aliphatic carbocycles. The maximum absolute atomic E-state index is 11.9. The fourth-order valence-electron chi connectivity index (χ4n) is 1.61. The first kappa shape index (κ1) is 11.4. The number of aromatic nitrogens is 2. The van der Waals surface area contributed by atoms with E-state index in [0.717, 1.165) is 22.6 Å². The molecule has 1 aromatic carbocycles. The fraction of sp³-hybridized carbons (Fsp3) is 0.231. The summed E-state index contributed by atoms with van der Waals surface area (Å²) >= 11 is 0. The van der Waals surface area contributed by atoms with Crippen molar-refractivity contribution in [3.8, 4) is 0 Å². The first-order valence-corrected chi connectivity index (χ1v) is 5.47. The molecule has 0 unspecified atom stereocenters. The lowest BCUT2D eigenvalue weighted by molar-refractivity contribution is 0.102. The molecule has 0 bridgehead atoms. The molecule has 0 aliphatic rings. The molecule has 0 saturated carbocycles. The Balaban J connectivity index is 2.21. The minimum absolute atomic E-state index is 0.167. The Hall–Kier alpha value is -2.10. The molecular formula is C13H15N3O. The van der Waals surface area contributed by atoms with Crippen LogP contribution in [-0.2, 0) is 0 Å². The van der Waals surface area contributed by atoms with Gasteiger partial charge in [-0.2, -0.15) is 0 Å². The van der Waals surface area contributed by atoms with Gasteiger partial charge in [-0.25, -0.2) is 4.98 Å². The molecule has 4 nitrogen and oxygen atoms in total. The van der Waals surface area contributed by atoms with Crippen molar-refractivity contribution < 1.29 is 4.79 Å². The minimum atomic E-state index is -0.167. The number of benzene rings is 1. The Kier molecular flexibility index (Phi) is 2.95. The fourth-order valence-corrected chi connectivity index (χ4v) is 1.61. The normalized spacial score (nSPS) is 10.3. The Morgan fingerprint density at radius 2 is 2.06 bits per heavy atom. The number of carbonyl (C=O) groups excluding carboxylic acids is 1.